The van der Waals surface area contributed by atoms with Gasteiger partial charge in [-0.15, -0.1) is 11.8 Å². The molecule has 2 rings (SSSR count). The fourth-order valence-corrected chi connectivity index (χ4v) is 2.42. The lowest BCUT2D eigenvalue weighted by Gasteiger charge is -2.29. The molecule has 0 amide bonds. The molecule has 2 aliphatic rings. The summed E-state index contributed by atoms with van der Waals surface area (Å²) in [5.41, 5.74) is 0. The summed E-state index contributed by atoms with van der Waals surface area (Å²) in [4.78, 5) is 0. The lowest BCUT2D eigenvalue weighted by Crippen LogP contribution is -2.32. The third kappa shape index (κ3) is 2.00. The smallest absolute Gasteiger partial charge is 0.154 e. The van der Waals surface area contributed by atoms with Gasteiger partial charge in [-0.05, 0) is 6.92 Å². The van der Waals surface area contributed by atoms with Crippen molar-refractivity contribution in [1.82, 2.24) is 0 Å². The number of rotatable bonds is 1. The third-order valence-electron chi connectivity index (χ3n) is 1.99. The Balaban J connectivity index is 2.01. The fourth-order valence-electron chi connectivity index (χ4n) is 1.35. The highest BCUT2D eigenvalue weighted by atomic mass is 32.2. The SMILES string of the molecule is CC1OCCSC1C1=COC=CO1. The van der Waals surface area contributed by atoms with E-state index in [2.05, 4.69) is 6.92 Å². The molecule has 2 atom stereocenters. The number of ether oxygens (including phenoxy) is 3. The standard InChI is InChI=1S/C9H12O3S/c1-7-9(13-5-4-11-7)8-6-10-2-3-12-8/h2-3,6-7,9H,4-5H2,1H3. The molecule has 0 bridgehead atoms. The van der Waals surface area contributed by atoms with E-state index >= 15 is 0 Å². The molecule has 4 heteroatoms. The molecule has 0 N–H and O–H groups in total. The summed E-state index contributed by atoms with van der Waals surface area (Å²) in [5, 5.41) is 0.263. The van der Waals surface area contributed by atoms with Gasteiger partial charge in [-0.1, -0.05) is 0 Å². The monoisotopic (exact) mass is 200 g/mol. The Morgan fingerprint density at radius 1 is 1.46 bits per heavy atom. The van der Waals surface area contributed by atoms with E-state index in [0.29, 0.717) is 0 Å². The van der Waals surface area contributed by atoms with Crippen LogP contribution >= 0.6 is 11.8 Å². The Kier molecular flexibility index (Phi) is 2.80. The Morgan fingerprint density at radius 3 is 3.08 bits per heavy atom. The second-order valence-corrected chi connectivity index (χ2v) is 4.16. The van der Waals surface area contributed by atoms with Gasteiger partial charge in [0.2, 0.25) is 0 Å². The van der Waals surface area contributed by atoms with Crippen LogP contribution in [0.1, 0.15) is 6.92 Å². The number of thioether (sulfide) groups is 1. The van der Waals surface area contributed by atoms with Gasteiger partial charge in [-0.25, -0.2) is 0 Å². The van der Waals surface area contributed by atoms with E-state index in [0.717, 1.165) is 18.1 Å². The van der Waals surface area contributed by atoms with Gasteiger partial charge in [0.15, 0.2) is 5.76 Å². The van der Waals surface area contributed by atoms with Crippen LogP contribution in [0.4, 0.5) is 0 Å². The van der Waals surface area contributed by atoms with Crippen LogP contribution in [-0.4, -0.2) is 23.7 Å². The molecule has 0 aromatic rings. The van der Waals surface area contributed by atoms with Gasteiger partial charge in [-0.2, -0.15) is 0 Å². The Bertz CT molecular complexity index is 237. The quantitative estimate of drug-likeness (QED) is 0.646. The molecule has 2 heterocycles. The minimum Gasteiger partial charge on any atom is -0.466 e. The van der Waals surface area contributed by atoms with Gasteiger partial charge in [0, 0.05) is 5.75 Å². The van der Waals surface area contributed by atoms with E-state index in [1.54, 1.807) is 12.5 Å². The Morgan fingerprint density at radius 2 is 2.38 bits per heavy atom. The van der Waals surface area contributed by atoms with E-state index in [9.17, 15) is 0 Å². The zero-order valence-corrected chi connectivity index (χ0v) is 8.25. The molecule has 0 saturated carbocycles. The van der Waals surface area contributed by atoms with Gasteiger partial charge in [0.1, 0.15) is 18.8 Å². The molecule has 0 aromatic carbocycles. The average molecular weight is 200 g/mol. The molecule has 13 heavy (non-hydrogen) atoms. The van der Waals surface area contributed by atoms with Crippen LogP contribution < -0.4 is 0 Å². The van der Waals surface area contributed by atoms with Crippen molar-refractivity contribution in [2.24, 2.45) is 0 Å². The normalized spacial score (nSPS) is 33.2. The summed E-state index contributed by atoms with van der Waals surface area (Å²) in [5.74, 6) is 1.86. The van der Waals surface area contributed by atoms with Crippen molar-refractivity contribution in [3.63, 3.8) is 0 Å². The van der Waals surface area contributed by atoms with Crippen molar-refractivity contribution < 1.29 is 14.2 Å². The van der Waals surface area contributed by atoms with E-state index in [4.69, 9.17) is 14.2 Å². The predicted octanol–water partition coefficient (Wildman–Crippen LogP) is 1.87. The minimum atomic E-state index is 0.195. The second kappa shape index (κ2) is 4.07. The molecule has 0 spiro atoms. The summed E-state index contributed by atoms with van der Waals surface area (Å²) in [6.45, 7) is 2.88. The van der Waals surface area contributed by atoms with E-state index in [-0.39, 0.29) is 11.4 Å². The summed E-state index contributed by atoms with van der Waals surface area (Å²) in [7, 11) is 0. The Hall–Kier alpha value is -0.610. The molecule has 0 aliphatic carbocycles. The molecule has 72 valence electrons. The van der Waals surface area contributed by atoms with Crippen LogP contribution in [-0.2, 0) is 14.2 Å². The first-order valence-electron chi connectivity index (χ1n) is 4.28. The van der Waals surface area contributed by atoms with Gasteiger partial charge in [-0.3, -0.25) is 0 Å². The van der Waals surface area contributed by atoms with Gasteiger partial charge in [0.05, 0.1) is 18.0 Å². The highest BCUT2D eigenvalue weighted by Crippen LogP contribution is 2.30. The van der Waals surface area contributed by atoms with Crippen molar-refractivity contribution in [3.8, 4) is 0 Å². The summed E-state index contributed by atoms with van der Waals surface area (Å²) < 4.78 is 15.9. The topological polar surface area (TPSA) is 27.7 Å². The summed E-state index contributed by atoms with van der Waals surface area (Å²) in [6, 6.07) is 0. The molecular weight excluding hydrogens is 188 g/mol. The number of hydrogen-bond acceptors (Lipinski definition) is 4. The predicted molar refractivity (Wildman–Crippen MR) is 51.1 cm³/mol. The van der Waals surface area contributed by atoms with Crippen molar-refractivity contribution in [1.29, 1.82) is 0 Å². The Labute approximate surface area is 81.7 Å². The first-order valence-corrected chi connectivity index (χ1v) is 5.33. The molecule has 0 aromatic heterocycles. The van der Waals surface area contributed by atoms with Crippen molar-refractivity contribution >= 4 is 11.8 Å². The molecule has 0 radical (unpaired) electrons. The molecule has 1 fully saturated rings. The summed E-state index contributed by atoms with van der Waals surface area (Å²) >= 11 is 1.85. The van der Waals surface area contributed by atoms with Crippen molar-refractivity contribution in [2.75, 3.05) is 12.4 Å². The summed E-state index contributed by atoms with van der Waals surface area (Å²) in [6.07, 6.45) is 4.91. The minimum absolute atomic E-state index is 0.195. The molecule has 1 saturated heterocycles. The lowest BCUT2D eigenvalue weighted by atomic mass is 10.2. The highest BCUT2D eigenvalue weighted by molar-refractivity contribution is 8.00. The fraction of sp³-hybridized carbons (Fsp3) is 0.556. The largest absolute Gasteiger partial charge is 0.466 e. The average Bonchev–Trinajstić information content (AvgIpc) is 2.20. The van der Waals surface area contributed by atoms with Crippen LogP contribution in [0, 0.1) is 0 Å². The maximum absolute atomic E-state index is 5.52. The zero-order chi connectivity index (χ0) is 9.10. The maximum atomic E-state index is 5.52. The van der Waals surface area contributed by atoms with Crippen LogP contribution in [0.25, 0.3) is 0 Å². The zero-order valence-electron chi connectivity index (χ0n) is 7.43. The second-order valence-electron chi connectivity index (χ2n) is 2.91. The first kappa shape index (κ1) is 8.97. The number of hydrogen-bond donors (Lipinski definition) is 0. The molecule has 2 aliphatic heterocycles. The van der Waals surface area contributed by atoms with Crippen molar-refractivity contribution in [3.05, 3.63) is 24.5 Å². The first-order chi connectivity index (χ1) is 6.38. The highest BCUT2D eigenvalue weighted by Gasteiger charge is 2.28. The van der Waals surface area contributed by atoms with E-state index < -0.39 is 0 Å². The van der Waals surface area contributed by atoms with Gasteiger partial charge in [0.25, 0.3) is 0 Å². The molecule has 3 nitrogen and oxygen atoms in total. The van der Waals surface area contributed by atoms with Gasteiger partial charge >= 0.3 is 0 Å². The molecule has 2 unspecified atom stereocenters. The third-order valence-corrected chi connectivity index (χ3v) is 3.37. The molecular formula is C9H12O3S. The van der Waals surface area contributed by atoms with Gasteiger partial charge < -0.3 is 14.2 Å². The lowest BCUT2D eigenvalue weighted by molar-refractivity contribution is 0.0639. The van der Waals surface area contributed by atoms with E-state index in [1.807, 2.05) is 11.8 Å². The van der Waals surface area contributed by atoms with Crippen LogP contribution in [0.3, 0.4) is 0 Å². The maximum Gasteiger partial charge on any atom is 0.154 e. The van der Waals surface area contributed by atoms with Crippen LogP contribution in [0.5, 0.6) is 0 Å². The van der Waals surface area contributed by atoms with Crippen LogP contribution in [0.15, 0.2) is 24.5 Å². The van der Waals surface area contributed by atoms with E-state index in [1.165, 1.54) is 6.26 Å². The van der Waals surface area contributed by atoms with Crippen molar-refractivity contribution in [2.45, 2.75) is 18.3 Å². The van der Waals surface area contributed by atoms with Crippen LogP contribution in [0.2, 0.25) is 0 Å².